The predicted octanol–water partition coefficient (Wildman–Crippen LogP) is 4.34. The number of nitro benzene ring substituents is 1. The fourth-order valence-corrected chi connectivity index (χ4v) is 5.61. The lowest BCUT2D eigenvalue weighted by molar-refractivity contribution is -0.384. The van der Waals surface area contributed by atoms with Crippen molar-refractivity contribution in [3.8, 4) is 10.4 Å². The average Bonchev–Trinajstić information content (AvgIpc) is 3.10. The molecule has 0 N–H and O–H groups in total. The molecule has 8 heteroatoms. The number of aryl methyl sites for hydroxylation is 1. The van der Waals surface area contributed by atoms with Crippen molar-refractivity contribution in [3.05, 3.63) is 75.2 Å². The molecule has 0 fully saturated rings. The SMILES string of the molecule is Cc1ccc(S(=O)(=O)N2Cc3cccc([N+](=O)[O-])c3-c3sccc32)cc1. The zero-order valence-electron chi connectivity index (χ0n) is 13.7. The number of hydrogen-bond acceptors (Lipinski definition) is 5. The Balaban J connectivity index is 1.89. The fraction of sp³-hybridized carbons (Fsp3) is 0.111. The van der Waals surface area contributed by atoms with Gasteiger partial charge >= 0.3 is 0 Å². The Labute approximate surface area is 154 Å². The van der Waals surface area contributed by atoms with Crippen LogP contribution in [-0.4, -0.2) is 13.3 Å². The van der Waals surface area contributed by atoms with Crippen molar-refractivity contribution in [1.29, 1.82) is 0 Å². The van der Waals surface area contributed by atoms with Gasteiger partial charge in [0.05, 0.1) is 32.5 Å². The molecule has 0 radical (unpaired) electrons. The summed E-state index contributed by atoms with van der Waals surface area (Å²) >= 11 is 1.31. The van der Waals surface area contributed by atoms with E-state index in [2.05, 4.69) is 0 Å². The van der Waals surface area contributed by atoms with Gasteiger partial charge in [-0.15, -0.1) is 11.3 Å². The van der Waals surface area contributed by atoms with Crippen LogP contribution in [0.3, 0.4) is 0 Å². The van der Waals surface area contributed by atoms with E-state index < -0.39 is 14.9 Å². The number of thiophene rings is 1. The molecule has 1 aliphatic heterocycles. The van der Waals surface area contributed by atoms with Gasteiger partial charge in [-0.2, -0.15) is 0 Å². The monoisotopic (exact) mass is 386 g/mol. The van der Waals surface area contributed by atoms with Crippen LogP contribution < -0.4 is 4.31 Å². The molecular weight excluding hydrogens is 372 g/mol. The number of fused-ring (bicyclic) bond motifs is 3. The van der Waals surface area contributed by atoms with E-state index in [0.29, 0.717) is 21.7 Å². The quantitative estimate of drug-likeness (QED) is 0.495. The molecule has 1 aromatic heterocycles. The standard InChI is InChI=1S/C18H14N2O4S2/c1-12-5-7-14(8-6-12)26(23,24)19-11-13-3-2-4-15(20(21)22)17(13)18-16(19)9-10-25-18/h2-10H,11H2,1H3. The lowest BCUT2D eigenvalue weighted by Gasteiger charge is -2.29. The molecule has 132 valence electrons. The summed E-state index contributed by atoms with van der Waals surface area (Å²) < 4.78 is 27.7. The van der Waals surface area contributed by atoms with Crippen molar-refractivity contribution in [2.45, 2.75) is 18.4 Å². The minimum atomic E-state index is -3.77. The van der Waals surface area contributed by atoms with Gasteiger partial charge in [0.25, 0.3) is 15.7 Å². The molecule has 0 unspecified atom stereocenters. The molecule has 0 atom stereocenters. The van der Waals surface area contributed by atoms with E-state index in [1.165, 1.54) is 21.7 Å². The minimum Gasteiger partial charge on any atom is -0.260 e. The highest BCUT2D eigenvalue weighted by atomic mass is 32.2. The van der Waals surface area contributed by atoms with Gasteiger partial charge in [-0.05, 0) is 36.1 Å². The first kappa shape index (κ1) is 16.7. The highest BCUT2D eigenvalue weighted by Gasteiger charge is 2.35. The van der Waals surface area contributed by atoms with Crippen LogP contribution in [0.5, 0.6) is 0 Å². The van der Waals surface area contributed by atoms with Crippen LogP contribution in [0, 0.1) is 17.0 Å². The predicted molar refractivity (Wildman–Crippen MR) is 101 cm³/mol. The van der Waals surface area contributed by atoms with Crippen LogP contribution in [0.1, 0.15) is 11.1 Å². The molecule has 2 aromatic carbocycles. The van der Waals surface area contributed by atoms with E-state index in [4.69, 9.17) is 0 Å². The zero-order valence-corrected chi connectivity index (χ0v) is 15.4. The van der Waals surface area contributed by atoms with Gasteiger partial charge in [0, 0.05) is 6.07 Å². The van der Waals surface area contributed by atoms with Crippen LogP contribution in [0.2, 0.25) is 0 Å². The van der Waals surface area contributed by atoms with Gasteiger partial charge in [0.1, 0.15) is 0 Å². The van der Waals surface area contributed by atoms with Gasteiger partial charge < -0.3 is 0 Å². The van der Waals surface area contributed by atoms with Gasteiger partial charge in [-0.3, -0.25) is 14.4 Å². The smallest absolute Gasteiger partial charge is 0.260 e. The number of nitro groups is 1. The Morgan fingerprint density at radius 3 is 2.54 bits per heavy atom. The lowest BCUT2D eigenvalue weighted by atomic mass is 10.00. The van der Waals surface area contributed by atoms with Crippen molar-refractivity contribution in [1.82, 2.24) is 0 Å². The first-order chi connectivity index (χ1) is 12.4. The molecule has 2 heterocycles. The maximum Gasteiger partial charge on any atom is 0.278 e. The van der Waals surface area contributed by atoms with Crippen molar-refractivity contribution in [2.75, 3.05) is 4.31 Å². The molecule has 3 aromatic rings. The van der Waals surface area contributed by atoms with Crippen LogP contribution in [-0.2, 0) is 16.6 Å². The van der Waals surface area contributed by atoms with Gasteiger partial charge in [-0.1, -0.05) is 29.8 Å². The number of benzene rings is 2. The maximum absolute atomic E-state index is 13.2. The van der Waals surface area contributed by atoms with Crippen molar-refractivity contribution in [2.24, 2.45) is 0 Å². The summed E-state index contributed by atoms with van der Waals surface area (Å²) in [7, 11) is -3.77. The summed E-state index contributed by atoms with van der Waals surface area (Å²) in [6.45, 7) is 1.96. The number of nitrogens with zero attached hydrogens (tertiary/aromatic N) is 2. The Bertz CT molecular complexity index is 1120. The second-order valence-corrected chi connectivity index (χ2v) is 8.81. The molecule has 0 aliphatic carbocycles. The largest absolute Gasteiger partial charge is 0.278 e. The summed E-state index contributed by atoms with van der Waals surface area (Å²) in [6.07, 6.45) is 0. The van der Waals surface area contributed by atoms with Crippen LogP contribution >= 0.6 is 11.3 Å². The average molecular weight is 386 g/mol. The Kier molecular flexibility index (Phi) is 3.82. The second-order valence-electron chi connectivity index (χ2n) is 6.03. The third-order valence-corrected chi connectivity index (χ3v) is 7.08. The molecule has 1 aliphatic rings. The van der Waals surface area contributed by atoms with Gasteiger partial charge in [0.15, 0.2) is 0 Å². The first-order valence-corrected chi connectivity index (χ1v) is 10.1. The van der Waals surface area contributed by atoms with Crippen molar-refractivity contribution >= 4 is 32.7 Å². The second kappa shape index (κ2) is 5.93. The van der Waals surface area contributed by atoms with E-state index in [0.717, 1.165) is 5.56 Å². The molecule has 0 amide bonds. The van der Waals surface area contributed by atoms with E-state index in [1.54, 1.807) is 47.8 Å². The molecule has 0 saturated carbocycles. The van der Waals surface area contributed by atoms with Crippen LogP contribution in [0.15, 0.2) is 58.8 Å². The Morgan fingerprint density at radius 2 is 1.85 bits per heavy atom. The van der Waals surface area contributed by atoms with Crippen molar-refractivity contribution < 1.29 is 13.3 Å². The molecule has 4 rings (SSSR count). The highest BCUT2D eigenvalue weighted by molar-refractivity contribution is 7.92. The fourth-order valence-electron chi connectivity index (χ4n) is 3.11. The van der Waals surface area contributed by atoms with Crippen LogP contribution in [0.25, 0.3) is 10.4 Å². The van der Waals surface area contributed by atoms with Crippen LogP contribution in [0.4, 0.5) is 11.4 Å². The van der Waals surface area contributed by atoms with E-state index >= 15 is 0 Å². The van der Waals surface area contributed by atoms with E-state index in [-0.39, 0.29) is 17.1 Å². The third-order valence-electron chi connectivity index (χ3n) is 4.39. The topological polar surface area (TPSA) is 80.5 Å². The number of rotatable bonds is 3. The highest BCUT2D eigenvalue weighted by Crippen LogP contribution is 2.48. The van der Waals surface area contributed by atoms with Gasteiger partial charge in [-0.25, -0.2) is 8.42 Å². The molecule has 0 bridgehead atoms. The maximum atomic E-state index is 13.2. The number of sulfonamides is 1. The number of anilines is 1. The first-order valence-electron chi connectivity index (χ1n) is 7.83. The van der Waals surface area contributed by atoms with E-state index in [1.807, 2.05) is 6.92 Å². The molecule has 26 heavy (non-hydrogen) atoms. The molecule has 0 spiro atoms. The minimum absolute atomic E-state index is 0.00131. The Morgan fingerprint density at radius 1 is 1.12 bits per heavy atom. The normalized spacial score (nSPS) is 13.2. The van der Waals surface area contributed by atoms with E-state index in [9.17, 15) is 18.5 Å². The summed E-state index contributed by atoms with van der Waals surface area (Å²) in [5, 5.41) is 13.2. The zero-order chi connectivity index (χ0) is 18.5. The molecule has 6 nitrogen and oxygen atoms in total. The number of hydrogen-bond donors (Lipinski definition) is 0. The Hall–Kier alpha value is -2.71. The molecule has 0 saturated heterocycles. The third kappa shape index (κ3) is 2.49. The van der Waals surface area contributed by atoms with Gasteiger partial charge in [0.2, 0.25) is 0 Å². The lowest BCUT2D eigenvalue weighted by Crippen LogP contribution is -2.32. The van der Waals surface area contributed by atoms with Crippen molar-refractivity contribution in [3.63, 3.8) is 0 Å². The summed E-state index contributed by atoms with van der Waals surface area (Å²) in [5.74, 6) is 0. The summed E-state index contributed by atoms with van der Waals surface area (Å²) in [6, 6.07) is 13.2. The molecular formula is C18H14N2O4S2. The summed E-state index contributed by atoms with van der Waals surface area (Å²) in [4.78, 5) is 11.8. The summed E-state index contributed by atoms with van der Waals surface area (Å²) in [5.41, 5.74) is 2.60.